The quantitative estimate of drug-likeness (QED) is 0.638. The maximum absolute atomic E-state index is 3.80. The van der Waals surface area contributed by atoms with Gasteiger partial charge in [0.25, 0.3) is 0 Å². The van der Waals surface area contributed by atoms with E-state index in [2.05, 4.69) is 39.6 Å². The monoisotopic (exact) mass is 169 g/mol. The van der Waals surface area contributed by atoms with Crippen molar-refractivity contribution in [2.75, 3.05) is 7.05 Å². The van der Waals surface area contributed by atoms with Crippen molar-refractivity contribution in [1.82, 2.24) is 5.32 Å². The van der Waals surface area contributed by atoms with Gasteiger partial charge in [0.2, 0.25) is 0 Å². The molecule has 0 amide bonds. The van der Waals surface area contributed by atoms with Crippen LogP contribution >= 0.6 is 0 Å². The van der Waals surface area contributed by atoms with Gasteiger partial charge < -0.3 is 5.32 Å². The maximum Gasteiger partial charge on any atom is 0.0118 e. The van der Waals surface area contributed by atoms with Gasteiger partial charge in [-0.15, -0.1) is 6.58 Å². The third-order valence-electron chi connectivity index (χ3n) is 2.40. The van der Waals surface area contributed by atoms with E-state index < -0.39 is 0 Å². The number of rotatable bonds is 4. The normalized spacial score (nSPS) is 17.1. The van der Waals surface area contributed by atoms with Crippen LogP contribution in [0.25, 0.3) is 0 Å². The Morgan fingerprint density at radius 2 is 1.92 bits per heavy atom. The van der Waals surface area contributed by atoms with E-state index in [4.69, 9.17) is 0 Å². The molecule has 2 unspecified atom stereocenters. The Balaban J connectivity index is 4.08. The Morgan fingerprint density at radius 1 is 1.42 bits per heavy atom. The highest BCUT2D eigenvalue weighted by Crippen LogP contribution is 2.24. The van der Waals surface area contributed by atoms with Gasteiger partial charge in [-0.3, -0.25) is 0 Å². The van der Waals surface area contributed by atoms with Crippen LogP contribution in [-0.2, 0) is 0 Å². The van der Waals surface area contributed by atoms with Crippen LogP contribution in [0.4, 0.5) is 0 Å². The fourth-order valence-corrected chi connectivity index (χ4v) is 1.37. The second-order valence-corrected chi connectivity index (χ2v) is 4.66. The van der Waals surface area contributed by atoms with E-state index in [-0.39, 0.29) is 0 Å². The van der Waals surface area contributed by atoms with Crippen LogP contribution < -0.4 is 5.32 Å². The summed E-state index contributed by atoms with van der Waals surface area (Å²) < 4.78 is 0. The molecule has 0 fully saturated rings. The van der Waals surface area contributed by atoms with Gasteiger partial charge in [-0.1, -0.05) is 33.8 Å². The summed E-state index contributed by atoms with van der Waals surface area (Å²) in [4.78, 5) is 0. The molecule has 1 N–H and O–H groups in total. The minimum absolute atomic E-state index is 0.339. The predicted octanol–water partition coefficient (Wildman–Crippen LogP) is 2.83. The van der Waals surface area contributed by atoms with Crippen LogP contribution in [0.1, 0.15) is 34.1 Å². The van der Waals surface area contributed by atoms with Gasteiger partial charge in [0.15, 0.2) is 0 Å². The molecule has 0 radical (unpaired) electrons. The molecule has 0 saturated carbocycles. The van der Waals surface area contributed by atoms with E-state index in [9.17, 15) is 0 Å². The second-order valence-electron chi connectivity index (χ2n) is 4.66. The third kappa shape index (κ3) is 3.91. The number of hydrogen-bond donors (Lipinski definition) is 1. The molecule has 0 heterocycles. The molecule has 0 aromatic heterocycles. The zero-order valence-electron chi connectivity index (χ0n) is 9.15. The predicted molar refractivity (Wildman–Crippen MR) is 56.3 cm³/mol. The van der Waals surface area contributed by atoms with Crippen LogP contribution in [0.5, 0.6) is 0 Å². The summed E-state index contributed by atoms with van der Waals surface area (Å²) in [5, 5.41) is 3.36. The average molecular weight is 169 g/mol. The Kier molecular flexibility index (Phi) is 4.54. The SMILES string of the molecule is C=CC(C)CC(NC)C(C)(C)C. The van der Waals surface area contributed by atoms with Crippen molar-refractivity contribution in [2.45, 2.75) is 40.2 Å². The molecule has 0 aromatic carbocycles. The van der Waals surface area contributed by atoms with Crippen LogP contribution in [0.3, 0.4) is 0 Å². The van der Waals surface area contributed by atoms with Gasteiger partial charge in [0.1, 0.15) is 0 Å². The van der Waals surface area contributed by atoms with E-state index in [1.54, 1.807) is 0 Å². The van der Waals surface area contributed by atoms with Gasteiger partial charge in [0, 0.05) is 6.04 Å². The first-order chi connectivity index (χ1) is 5.41. The number of allylic oxidation sites excluding steroid dienone is 1. The molecule has 72 valence electrons. The molecular weight excluding hydrogens is 146 g/mol. The summed E-state index contributed by atoms with van der Waals surface area (Å²) in [7, 11) is 2.03. The fraction of sp³-hybridized carbons (Fsp3) is 0.818. The van der Waals surface area contributed by atoms with Crippen molar-refractivity contribution in [3.63, 3.8) is 0 Å². The van der Waals surface area contributed by atoms with E-state index >= 15 is 0 Å². The molecule has 12 heavy (non-hydrogen) atoms. The van der Waals surface area contributed by atoms with E-state index in [0.717, 1.165) is 0 Å². The smallest absolute Gasteiger partial charge is 0.0118 e. The van der Waals surface area contributed by atoms with E-state index in [0.29, 0.717) is 17.4 Å². The standard InChI is InChI=1S/C11H23N/c1-7-9(2)8-10(12-6)11(3,4)5/h7,9-10,12H,1,8H2,2-6H3. The largest absolute Gasteiger partial charge is 0.316 e. The van der Waals surface area contributed by atoms with Crippen molar-refractivity contribution in [3.8, 4) is 0 Å². The van der Waals surface area contributed by atoms with Gasteiger partial charge in [-0.25, -0.2) is 0 Å². The Hall–Kier alpha value is -0.300. The van der Waals surface area contributed by atoms with Crippen molar-refractivity contribution < 1.29 is 0 Å². The second kappa shape index (κ2) is 4.66. The van der Waals surface area contributed by atoms with Crippen molar-refractivity contribution in [3.05, 3.63) is 12.7 Å². The third-order valence-corrected chi connectivity index (χ3v) is 2.40. The van der Waals surface area contributed by atoms with Crippen LogP contribution in [0.15, 0.2) is 12.7 Å². The molecule has 2 atom stereocenters. The zero-order valence-corrected chi connectivity index (χ0v) is 9.15. The highest BCUT2D eigenvalue weighted by molar-refractivity contribution is 4.85. The van der Waals surface area contributed by atoms with E-state index in [1.165, 1.54) is 6.42 Å². The van der Waals surface area contributed by atoms with Crippen LogP contribution in [0, 0.1) is 11.3 Å². The minimum Gasteiger partial charge on any atom is -0.316 e. The summed E-state index contributed by atoms with van der Waals surface area (Å²) in [5.74, 6) is 0.599. The number of hydrogen-bond acceptors (Lipinski definition) is 1. The highest BCUT2D eigenvalue weighted by atomic mass is 14.9. The molecule has 0 saturated heterocycles. The lowest BCUT2D eigenvalue weighted by Gasteiger charge is -2.31. The van der Waals surface area contributed by atoms with E-state index in [1.807, 2.05) is 13.1 Å². The first-order valence-corrected chi connectivity index (χ1v) is 4.71. The Morgan fingerprint density at radius 3 is 2.17 bits per heavy atom. The van der Waals surface area contributed by atoms with Crippen LogP contribution in [-0.4, -0.2) is 13.1 Å². The molecule has 0 aliphatic heterocycles. The Labute approximate surface area is 77.2 Å². The lowest BCUT2D eigenvalue weighted by atomic mass is 9.82. The topological polar surface area (TPSA) is 12.0 Å². The summed E-state index contributed by atoms with van der Waals surface area (Å²) in [6, 6.07) is 0.575. The first kappa shape index (κ1) is 11.7. The molecular formula is C11H23N. The van der Waals surface area contributed by atoms with Gasteiger partial charge >= 0.3 is 0 Å². The Bertz CT molecular complexity index is 132. The van der Waals surface area contributed by atoms with Crippen molar-refractivity contribution in [2.24, 2.45) is 11.3 Å². The molecule has 0 aromatic rings. The molecule has 0 aliphatic carbocycles. The summed E-state index contributed by atoms with van der Waals surface area (Å²) >= 11 is 0. The molecule has 1 nitrogen and oxygen atoms in total. The van der Waals surface area contributed by atoms with Gasteiger partial charge in [0.05, 0.1) is 0 Å². The molecule has 0 spiro atoms. The fourth-order valence-electron chi connectivity index (χ4n) is 1.37. The van der Waals surface area contributed by atoms with Crippen molar-refractivity contribution >= 4 is 0 Å². The summed E-state index contributed by atoms with van der Waals surface area (Å²) in [5.41, 5.74) is 0.339. The van der Waals surface area contributed by atoms with Crippen molar-refractivity contribution in [1.29, 1.82) is 0 Å². The average Bonchev–Trinajstić information content (AvgIpc) is 1.97. The maximum atomic E-state index is 3.80. The first-order valence-electron chi connectivity index (χ1n) is 4.71. The minimum atomic E-state index is 0.339. The molecule has 0 aliphatic rings. The molecule has 0 rings (SSSR count). The lowest BCUT2D eigenvalue weighted by Crippen LogP contribution is -2.39. The summed E-state index contributed by atoms with van der Waals surface area (Å²) in [6.07, 6.45) is 3.19. The molecule has 1 heteroatoms. The van der Waals surface area contributed by atoms with Gasteiger partial charge in [-0.2, -0.15) is 0 Å². The lowest BCUT2D eigenvalue weighted by molar-refractivity contribution is 0.252. The van der Waals surface area contributed by atoms with Gasteiger partial charge in [-0.05, 0) is 24.8 Å². The van der Waals surface area contributed by atoms with Crippen LogP contribution in [0.2, 0.25) is 0 Å². The zero-order chi connectivity index (χ0) is 9.78. The number of nitrogens with one attached hydrogen (secondary N) is 1. The molecule has 0 bridgehead atoms. The summed E-state index contributed by atoms with van der Waals surface area (Å²) in [6.45, 7) is 12.8. The highest BCUT2D eigenvalue weighted by Gasteiger charge is 2.23.